The average Bonchev–Trinajstić information content (AvgIpc) is 3.20. The molecule has 0 saturated carbocycles. The Labute approximate surface area is 189 Å². The van der Waals surface area contributed by atoms with Crippen molar-refractivity contribution in [3.8, 4) is 6.07 Å². The maximum atomic E-state index is 10.2. The molecule has 2 aliphatic heterocycles. The summed E-state index contributed by atoms with van der Waals surface area (Å²) < 4.78 is 7.78. The van der Waals surface area contributed by atoms with Crippen LogP contribution in [0.25, 0.3) is 16.7 Å². The number of aromatic nitrogens is 2. The van der Waals surface area contributed by atoms with Gasteiger partial charge in [0.25, 0.3) is 0 Å². The molecule has 0 spiro atoms. The van der Waals surface area contributed by atoms with Crippen molar-refractivity contribution in [1.82, 2.24) is 9.38 Å². The molecule has 4 heterocycles. The second-order valence-corrected chi connectivity index (χ2v) is 9.89. The zero-order valence-electron chi connectivity index (χ0n) is 19.1. The number of hydrogen-bond donors (Lipinski definition) is 1. The Morgan fingerprint density at radius 1 is 1.22 bits per heavy atom. The fraction of sp³-hybridized carbons (Fsp3) is 0.538. The molecule has 2 aromatic heterocycles. The van der Waals surface area contributed by atoms with Gasteiger partial charge in [0.15, 0.2) is 5.65 Å². The minimum absolute atomic E-state index is 0.0158. The van der Waals surface area contributed by atoms with E-state index < -0.39 is 0 Å². The Bertz CT molecular complexity index is 1180. The monoisotopic (exact) mass is 432 g/mol. The Kier molecular flexibility index (Phi) is 5.56. The number of para-hydroxylation sites is 2. The summed E-state index contributed by atoms with van der Waals surface area (Å²) in [6.45, 7) is 7.98. The van der Waals surface area contributed by atoms with Crippen molar-refractivity contribution < 1.29 is 9.84 Å². The van der Waals surface area contributed by atoms with Crippen LogP contribution in [0.5, 0.6) is 0 Å². The summed E-state index contributed by atoms with van der Waals surface area (Å²) in [6.07, 6.45) is 4.88. The lowest BCUT2D eigenvalue weighted by atomic mass is 9.81. The highest BCUT2D eigenvalue weighted by atomic mass is 16.5. The maximum Gasteiger partial charge on any atom is 0.157 e. The van der Waals surface area contributed by atoms with Crippen LogP contribution in [-0.2, 0) is 11.2 Å². The summed E-state index contributed by atoms with van der Waals surface area (Å²) in [6, 6.07) is 10.7. The third kappa shape index (κ3) is 3.54. The van der Waals surface area contributed by atoms with E-state index in [1.165, 1.54) is 5.56 Å². The number of aliphatic hydroxyl groups is 1. The molecule has 2 saturated heterocycles. The van der Waals surface area contributed by atoms with E-state index in [1.54, 1.807) is 0 Å². The summed E-state index contributed by atoms with van der Waals surface area (Å²) >= 11 is 0. The molecule has 6 heteroatoms. The fourth-order valence-corrected chi connectivity index (χ4v) is 5.44. The molecule has 6 nitrogen and oxygen atoms in total. The van der Waals surface area contributed by atoms with Crippen LogP contribution in [0.1, 0.15) is 49.3 Å². The number of rotatable bonds is 4. The van der Waals surface area contributed by atoms with E-state index in [-0.39, 0.29) is 12.0 Å². The van der Waals surface area contributed by atoms with Gasteiger partial charge in [0, 0.05) is 32.9 Å². The molecule has 0 aliphatic carbocycles. The number of piperidine rings is 1. The molecule has 32 heavy (non-hydrogen) atoms. The highest BCUT2D eigenvalue weighted by Gasteiger charge is 2.32. The van der Waals surface area contributed by atoms with Gasteiger partial charge in [0.2, 0.25) is 0 Å². The number of nitriles is 1. The van der Waals surface area contributed by atoms with Gasteiger partial charge >= 0.3 is 0 Å². The molecule has 3 aromatic rings. The number of anilines is 1. The first kappa shape index (κ1) is 21.2. The average molecular weight is 433 g/mol. The highest BCUT2D eigenvalue weighted by Crippen LogP contribution is 2.38. The van der Waals surface area contributed by atoms with E-state index in [0.717, 1.165) is 86.5 Å². The van der Waals surface area contributed by atoms with Crippen LogP contribution in [0.3, 0.4) is 0 Å². The first-order valence-electron chi connectivity index (χ1n) is 11.8. The van der Waals surface area contributed by atoms with Gasteiger partial charge in [-0.3, -0.25) is 4.40 Å². The standard InChI is InChI=1S/C26H32N4O2/c1-18-20(15-19-7-13-32-14-8-19)21(16-27)24-28-22-5-3-4-6-23(22)30(24)25(18)29-11-9-26(2,17-31)10-12-29/h3-6,19,31H,7-15,17H2,1-2H3. The Balaban J connectivity index is 1.70. The van der Waals surface area contributed by atoms with Gasteiger partial charge < -0.3 is 14.7 Å². The van der Waals surface area contributed by atoms with Crippen molar-refractivity contribution in [1.29, 1.82) is 5.26 Å². The molecule has 0 unspecified atom stereocenters. The summed E-state index contributed by atoms with van der Waals surface area (Å²) in [7, 11) is 0. The Hall–Kier alpha value is -2.62. The second-order valence-electron chi connectivity index (χ2n) is 9.89. The molecule has 1 N–H and O–H groups in total. The molecular weight excluding hydrogens is 400 g/mol. The number of ether oxygens (including phenoxy) is 1. The summed E-state index contributed by atoms with van der Waals surface area (Å²) in [4.78, 5) is 7.38. The van der Waals surface area contributed by atoms with Gasteiger partial charge in [-0.1, -0.05) is 19.1 Å². The van der Waals surface area contributed by atoms with Crippen LogP contribution in [0, 0.1) is 29.6 Å². The number of nitrogens with zero attached hydrogens (tertiary/aromatic N) is 4. The van der Waals surface area contributed by atoms with Gasteiger partial charge in [0.05, 0.1) is 16.6 Å². The smallest absolute Gasteiger partial charge is 0.157 e. The largest absolute Gasteiger partial charge is 0.396 e. The molecule has 168 valence electrons. The van der Waals surface area contributed by atoms with Gasteiger partial charge in [-0.2, -0.15) is 5.26 Å². The predicted molar refractivity (Wildman–Crippen MR) is 126 cm³/mol. The topological polar surface area (TPSA) is 73.8 Å². The van der Waals surface area contributed by atoms with Gasteiger partial charge in [-0.05, 0) is 73.6 Å². The molecule has 0 amide bonds. The van der Waals surface area contributed by atoms with Crippen LogP contribution >= 0.6 is 0 Å². The highest BCUT2D eigenvalue weighted by molar-refractivity contribution is 5.86. The number of hydrogen-bond acceptors (Lipinski definition) is 5. The van der Waals surface area contributed by atoms with E-state index in [0.29, 0.717) is 11.5 Å². The summed E-state index contributed by atoms with van der Waals surface area (Å²) in [5, 5.41) is 20.1. The van der Waals surface area contributed by atoms with Gasteiger partial charge in [0.1, 0.15) is 11.9 Å². The molecule has 2 aliphatic rings. The number of imidazole rings is 1. The lowest BCUT2D eigenvalue weighted by molar-refractivity contribution is 0.0665. The van der Waals surface area contributed by atoms with Crippen LogP contribution in [0.4, 0.5) is 5.82 Å². The third-order valence-corrected chi connectivity index (χ3v) is 7.68. The molecule has 1 aromatic carbocycles. The van der Waals surface area contributed by atoms with Crippen LogP contribution in [-0.4, -0.2) is 47.4 Å². The fourth-order valence-electron chi connectivity index (χ4n) is 5.44. The van der Waals surface area contributed by atoms with E-state index in [4.69, 9.17) is 9.72 Å². The van der Waals surface area contributed by atoms with Crippen molar-refractivity contribution in [2.24, 2.45) is 11.3 Å². The Morgan fingerprint density at radius 3 is 2.62 bits per heavy atom. The van der Waals surface area contributed by atoms with Crippen LogP contribution < -0.4 is 4.90 Å². The van der Waals surface area contributed by atoms with Crippen molar-refractivity contribution in [2.45, 2.75) is 46.0 Å². The molecule has 2 fully saturated rings. The molecule has 0 radical (unpaired) electrons. The normalized spacial score (nSPS) is 19.5. The SMILES string of the molecule is Cc1c(CC2CCOCC2)c(C#N)c2nc3ccccc3n2c1N1CCC(C)(CO)CC1. The molecular formula is C26H32N4O2. The first-order chi connectivity index (χ1) is 15.5. The summed E-state index contributed by atoms with van der Waals surface area (Å²) in [5.74, 6) is 1.70. The van der Waals surface area contributed by atoms with Crippen LogP contribution in [0.15, 0.2) is 24.3 Å². The van der Waals surface area contributed by atoms with Crippen LogP contribution in [0.2, 0.25) is 0 Å². The number of pyridine rings is 1. The summed E-state index contributed by atoms with van der Waals surface area (Å²) in [5.41, 5.74) is 5.77. The zero-order valence-corrected chi connectivity index (χ0v) is 19.1. The third-order valence-electron chi connectivity index (χ3n) is 7.68. The van der Waals surface area contributed by atoms with E-state index in [9.17, 15) is 10.4 Å². The zero-order chi connectivity index (χ0) is 22.3. The quantitative estimate of drug-likeness (QED) is 0.668. The lowest BCUT2D eigenvalue weighted by Crippen LogP contribution is -2.41. The van der Waals surface area contributed by atoms with Crippen molar-refractivity contribution in [3.05, 3.63) is 41.0 Å². The van der Waals surface area contributed by atoms with Gasteiger partial charge in [-0.25, -0.2) is 4.98 Å². The van der Waals surface area contributed by atoms with Gasteiger partial charge in [-0.15, -0.1) is 0 Å². The number of benzene rings is 1. The number of aliphatic hydroxyl groups excluding tert-OH is 1. The van der Waals surface area contributed by atoms with E-state index >= 15 is 0 Å². The van der Waals surface area contributed by atoms with E-state index in [2.05, 4.69) is 35.3 Å². The van der Waals surface area contributed by atoms with E-state index in [1.807, 2.05) is 18.2 Å². The lowest BCUT2D eigenvalue weighted by Gasteiger charge is -2.40. The minimum atomic E-state index is -0.0158. The van der Waals surface area contributed by atoms with Crippen molar-refractivity contribution in [2.75, 3.05) is 37.8 Å². The van der Waals surface area contributed by atoms with Crippen molar-refractivity contribution >= 4 is 22.5 Å². The maximum absolute atomic E-state index is 10.2. The molecule has 0 atom stereocenters. The molecule has 5 rings (SSSR count). The first-order valence-corrected chi connectivity index (χ1v) is 11.8. The van der Waals surface area contributed by atoms with Crippen molar-refractivity contribution in [3.63, 3.8) is 0 Å². The number of fused-ring (bicyclic) bond motifs is 3. The second kappa shape index (κ2) is 8.38. The minimum Gasteiger partial charge on any atom is -0.396 e. The predicted octanol–water partition coefficient (Wildman–Crippen LogP) is 4.24. The Morgan fingerprint density at radius 2 is 1.94 bits per heavy atom. The molecule has 0 bridgehead atoms.